The van der Waals surface area contributed by atoms with Crippen LogP contribution >= 0.6 is 11.6 Å². The molecule has 0 radical (unpaired) electrons. The second kappa shape index (κ2) is 7.19. The molecule has 0 aliphatic rings. The molecule has 0 amide bonds. The second-order valence-corrected chi connectivity index (χ2v) is 6.68. The predicted octanol–water partition coefficient (Wildman–Crippen LogP) is 5.60. The van der Waals surface area contributed by atoms with E-state index >= 15 is 0 Å². The van der Waals surface area contributed by atoms with Gasteiger partial charge >= 0.3 is 0 Å². The van der Waals surface area contributed by atoms with E-state index in [9.17, 15) is 0 Å². The van der Waals surface area contributed by atoms with Gasteiger partial charge in [0.25, 0.3) is 0 Å². The van der Waals surface area contributed by atoms with Crippen LogP contribution < -0.4 is 4.74 Å². The van der Waals surface area contributed by atoms with Gasteiger partial charge in [-0.15, -0.1) is 0 Å². The normalized spacial score (nSPS) is 14.8. The van der Waals surface area contributed by atoms with Crippen LogP contribution in [0.3, 0.4) is 0 Å². The minimum absolute atomic E-state index is 0.217. The Balaban J connectivity index is 2.91. The molecule has 0 fully saturated rings. The predicted molar refractivity (Wildman–Crippen MR) is 84.1 cm³/mol. The summed E-state index contributed by atoms with van der Waals surface area (Å²) in [6.45, 7) is 13.3. The molecule has 1 aromatic rings. The van der Waals surface area contributed by atoms with Gasteiger partial charge in [0.15, 0.2) is 0 Å². The zero-order valence-corrected chi connectivity index (χ0v) is 13.8. The van der Waals surface area contributed by atoms with Crippen molar-refractivity contribution in [3.8, 4) is 5.75 Å². The fourth-order valence-electron chi connectivity index (χ4n) is 1.74. The van der Waals surface area contributed by atoms with E-state index in [2.05, 4.69) is 41.5 Å². The Bertz CT molecular complexity index is 398. The molecule has 0 heterocycles. The van der Waals surface area contributed by atoms with Crippen LogP contribution in [0.2, 0.25) is 5.02 Å². The van der Waals surface area contributed by atoms with Gasteiger partial charge in [-0.25, -0.2) is 0 Å². The van der Waals surface area contributed by atoms with Gasteiger partial charge < -0.3 is 4.74 Å². The Hall–Kier alpha value is -0.690. The maximum absolute atomic E-state index is 6.12. The summed E-state index contributed by atoms with van der Waals surface area (Å²) < 4.78 is 6.08. The van der Waals surface area contributed by atoms with Gasteiger partial charge in [0.2, 0.25) is 0 Å². The number of halogens is 1. The Labute approximate surface area is 123 Å². The average molecular weight is 283 g/mol. The summed E-state index contributed by atoms with van der Waals surface area (Å²) in [6, 6.07) is 5.96. The lowest BCUT2D eigenvalue weighted by molar-refractivity contribution is 0.168. The first-order valence-electron chi connectivity index (χ1n) is 7.26. The van der Waals surface area contributed by atoms with E-state index < -0.39 is 0 Å². The summed E-state index contributed by atoms with van der Waals surface area (Å²) in [4.78, 5) is 0. The molecule has 2 atom stereocenters. The van der Waals surface area contributed by atoms with Gasteiger partial charge in [-0.05, 0) is 54.9 Å². The van der Waals surface area contributed by atoms with Crippen LogP contribution in [0.1, 0.15) is 47.1 Å². The maximum Gasteiger partial charge on any atom is 0.123 e. The SMILES string of the molecule is CC(C)C(C)Cc1cc(Cl)ccc1OC(C)C(C)C. The van der Waals surface area contributed by atoms with Gasteiger partial charge in [0, 0.05) is 5.02 Å². The molecule has 0 saturated carbocycles. The van der Waals surface area contributed by atoms with E-state index in [1.165, 1.54) is 5.56 Å². The minimum Gasteiger partial charge on any atom is -0.490 e. The number of ether oxygens (including phenoxy) is 1. The Kier molecular flexibility index (Phi) is 6.19. The highest BCUT2D eigenvalue weighted by Crippen LogP contribution is 2.29. The van der Waals surface area contributed by atoms with Crippen molar-refractivity contribution < 1.29 is 4.74 Å². The highest BCUT2D eigenvalue weighted by Gasteiger charge is 2.15. The summed E-state index contributed by atoms with van der Waals surface area (Å²) in [7, 11) is 0. The molecule has 19 heavy (non-hydrogen) atoms. The van der Waals surface area contributed by atoms with Gasteiger partial charge in [-0.3, -0.25) is 0 Å². The molecular weight excluding hydrogens is 256 g/mol. The summed E-state index contributed by atoms with van der Waals surface area (Å²) in [5.74, 6) is 2.77. The van der Waals surface area contributed by atoms with Crippen molar-refractivity contribution >= 4 is 11.6 Å². The fraction of sp³-hybridized carbons (Fsp3) is 0.647. The Morgan fingerprint density at radius 3 is 2.16 bits per heavy atom. The molecule has 0 aliphatic carbocycles. The first-order valence-corrected chi connectivity index (χ1v) is 7.64. The molecular formula is C17H27ClO. The van der Waals surface area contributed by atoms with Gasteiger partial charge in [-0.2, -0.15) is 0 Å². The molecule has 1 rings (SSSR count). The lowest BCUT2D eigenvalue weighted by atomic mass is 9.91. The van der Waals surface area contributed by atoms with Crippen molar-refractivity contribution in [2.45, 2.75) is 54.1 Å². The number of benzene rings is 1. The molecule has 0 N–H and O–H groups in total. The maximum atomic E-state index is 6.12. The molecule has 1 aromatic carbocycles. The molecule has 0 aromatic heterocycles. The summed E-state index contributed by atoms with van der Waals surface area (Å²) in [6.07, 6.45) is 1.23. The van der Waals surface area contributed by atoms with E-state index in [4.69, 9.17) is 16.3 Å². The van der Waals surface area contributed by atoms with Crippen LogP contribution in [0.4, 0.5) is 0 Å². The van der Waals surface area contributed by atoms with E-state index in [1.807, 2.05) is 18.2 Å². The van der Waals surface area contributed by atoms with Crippen LogP contribution in [0.15, 0.2) is 18.2 Å². The fourth-order valence-corrected chi connectivity index (χ4v) is 1.94. The topological polar surface area (TPSA) is 9.23 Å². The second-order valence-electron chi connectivity index (χ2n) is 6.24. The third-order valence-electron chi connectivity index (χ3n) is 3.95. The van der Waals surface area contributed by atoms with Crippen molar-refractivity contribution in [3.63, 3.8) is 0 Å². The Morgan fingerprint density at radius 1 is 1.00 bits per heavy atom. The van der Waals surface area contributed by atoms with E-state index in [-0.39, 0.29) is 6.10 Å². The van der Waals surface area contributed by atoms with E-state index in [0.717, 1.165) is 17.2 Å². The van der Waals surface area contributed by atoms with Crippen molar-refractivity contribution in [2.75, 3.05) is 0 Å². The smallest absolute Gasteiger partial charge is 0.123 e. The lowest BCUT2D eigenvalue weighted by Gasteiger charge is -2.22. The molecule has 0 saturated heterocycles. The van der Waals surface area contributed by atoms with Crippen molar-refractivity contribution in [3.05, 3.63) is 28.8 Å². The van der Waals surface area contributed by atoms with Crippen molar-refractivity contribution in [1.82, 2.24) is 0 Å². The lowest BCUT2D eigenvalue weighted by Crippen LogP contribution is -2.20. The third-order valence-corrected chi connectivity index (χ3v) is 4.19. The molecule has 0 bridgehead atoms. The monoisotopic (exact) mass is 282 g/mol. The molecule has 0 spiro atoms. The van der Waals surface area contributed by atoms with Gasteiger partial charge in [0.05, 0.1) is 6.10 Å². The highest BCUT2D eigenvalue weighted by atomic mass is 35.5. The number of hydrogen-bond acceptors (Lipinski definition) is 1. The Morgan fingerprint density at radius 2 is 1.63 bits per heavy atom. The zero-order valence-electron chi connectivity index (χ0n) is 13.0. The standard InChI is InChI=1S/C17H27ClO/c1-11(2)13(5)9-15-10-16(18)7-8-17(15)19-14(6)12(3)4/h7-8,10-14H,9H2,1-6H3. The molecule has 108 valence electrons. The molecule has 1 nitrogen and oxygen atoms in total. The summed E-state index contributed by atoms with van der Waals surface area (Å²) >= 11 is 6.12. The van der Waals surface area contributed by atoms with Crippen LogP contribution in [0.5, 0.6) is 5.75 Å². The summed E-state index contributed by atoms with van der Waals surface area (Å²) in [5, 5.41) is 0.788. The van der Waals surface area contributed by atoms with E-state index in [0.29, 0.717) is 17.8 Å². The first-order chi connectivity index (χ1) is 8.81. The zero-order chi connectivity index (χ0) is 14.6. The van der Waals surface area contributed by atoms with Crippen LogP contribution in [0.25, 0.3) is 0 Å². The van der Waals surface area contributed by atoms with Crippen LogP contribution in [-0.4, -0.2) is 6.10 Å². The minimum atomic E-state index is 0.217. The van der Waals surface area contributed by atoms with Crippen molar-refractivity contribution in [2.24, 2.45) is 17.8 Å². The molecule has 2 unspecified atom stereocenters. The average Bonchev–Trinajstić information content (AvgIpc) is 2.32. The number of rotatable bonds is 6. The molecule has 2 heteroatoms. The molecule has 0 aliphatic heterocycles. The van der Waals surface area contributed by atoms with Crippen LogP contribution in [-0.2, 0) is 6.42 Å². The van der Waals surface area contributed by atoms with E-state index in [1.54, 1.807) is 0 Å². The third kappa shape index (κ3) is 5.06. The van der Waals surface area contributed by atoms with Crippen molar-refractivity contribution in [1.29, 1.82) is 0 Å². The quantitative estimate of drug-likeness (QED) is 0.660. The summed E-state index contributed by atoms with van der Waals surface area (Å²) in [5.41, 5.74) is 1.22. The highest BCUT2D eigenvalue weighted by molar-refractivity contribution is 6.30. The van der Waals surface area contributed by atoms with Gasteiger partial charge in [0.1, 0.15) is 5.75 Å². The largest absolute Gasteiger partial charge is 0.490 e. The number of hydrogen-bond donors (Lipinski definition) is 0. The van der Waals surface area contributed by atoms with Crippen LogP contribution in [0, 0.1) is 17.8 Å². The van der Waals surface area contributed by atoms with Gasteiger partial charge in [-0.1, -0.05) is 46.2 Å². The first kappa shape index (κ1) is 16.4.